The van der Waals surface area contributed by atoms with Gasteiger partial charge in [-0.3, -0.25) is 4.98 Å². The third-order valence-electron chi connectivity index (χ3n) is 4.22. The summed E-state index contributed by atoms with van der Waals surface area (Å²) in [6.45, 7) is 1.87. The first kappa shape index (κ1) is 21.0. The van der Waals surface area contributed by atoms with Gasteiger partial charge in [0.25, 0.3) is 0 Å². The molecule has 2 aromatic carbocycles. The van der Waals surface area contributed by atoms with E-state index in [1.165, 1.54) is 24.3 Å². The Morgan fingerprint density at radius 3 is 2.47 bits per heavy atom. The number of halogens is 1. The van der Waals surface area contributed by atoms with Crippen LogP contribution in [-0.4, -0.2) is 19.4 Å². The highest BCUT2D eigenvalue weighted by Gasteiger charge is 2.20. The van der Waals surface area contributed by atoms with Crippen molar-refractivity contribution >= 4 is 21.5 Å². The SMILES string of the molecule is Cc1cc(F)ccc1S(=O)(=O)c1ccc(CN/C(=N\C#N)Nc2ccncc2)cc1. The van der Waals surface area contributed by atoms with Crippen molar-refractivity contribution in [3.8, 4) is 6.19 Å². The van der Waals surface area contributed by atoms with Crippen molar-refractivity contribution in [2.75, 3.05) is 5.32 Å². The van der Waals surface area contributed by atoms with E-state index in [0.717, 1.165) is 11.6 Å². The summed E-state index contributed by atoms with van der Waals surface area (Å²) < 4.78 is 38.9. The zero-order valence-corrected chi connectivity index (χ0v) is 16.8. The van der Waals surface area contributed by atoms with E-state index in [2.05, 4.69) is 20.6 Å². The molecule has 0 aliphatic carbocycles. The van der Waals surface area contributed by atoms with Gasteiger partial charge >= 0.3 is 0 Å². The normalized spacial score (nSPS) is 11.6. The zero-order chi connectivity index (χ0) is 21.6. The van der Waals surface area contributed by atoms with Gasteiger partial charge in [0.1, 0.15) is 5.82 Å². The number of sulfone groups is 1. The number of hydrogen-bond acceptors (Lipinski definition) is 5. The van der Waals surface area contributed by atoms with Crippen molar-refractivity contribution in [3.05, 3.63) is 83.9 Å². The maximum absolute atomic E-state index is 13.3. The van der Waals surface area contributed by atoms with Gasteiger partial charge in [-0.1, -0.05) is 12.1 Å². The molecule has 0 saturated carbocycles. The fraction of sp³-hybridized carbons (Fsp3) is 0.0952. The molecule has 0 unspecified atom stereocenters. The molecule has 0 amide bonds. The first-order valence-electron chi connectivity index (χ1n) is 8.88. The van der Waals surface area contributed by atoms with Gasteiger partial charge in [-0.05, 0) is 60.5 Å². The van der Waals surface area contributed by atoms with Crippen LogP contribution in [0.3, 0.4) is 0 Å². The smallest absolute Gasteiger partial charge is 0.212 e. The molecule has 0 aliphatic heterocycles. The lowest BCUT2D eigenvalue weighted by atomic mass is 10.2. The molecule has 152 valence electrons. The minimum absolute atomic E-state index is 0.0692. The minimum Gasteiger partial charge on any atom is -0.351 e. The Morgan fingerprint density at radius 1 is 1.13 bits per heavy atom. The zero-order valence-electron chi connectivity index (χ0n) is 16.0. The van der Waals surface area contributed by atoms with Gasteiger partial charge in [0.05, 0.1) is 9.79 Å². The summed E-state index contributed by atoms with van der Waals surface area (Å²) >= 11 is 0. The predicted molar refractivity (Wildman–Crippen MR) is 111 cm³/mol. The van der Waals surface area contributed by atoms with Crippen molar-refractivity contribution in [2.24, 2.45) is 4.99 Å². The van der Waals surface area contributed by atoms with Gasteiger partial charge in [-0.15, -0.1) is 4.99 Å². The summed E-state index contributed by atoms with van der Waals surface area (Å²) in [5.41, 5.74) is 1.84. The molecular weight excluding hydrogens is 405 g/mol. The summed E-state index contributed by atoms with van der Waals surface area (Å²) in [5, 5.41) is 14.8. The molecule has 3 aromatic rings. The lowest BCUT2D eigenvalue weighted by molar-refractivity contribution is 0.593. The highest BCUT2D eigenvalue weighted by molar-refractivity contribution is 7.91. The Bertz CT molecular complexity index is 1200. The average Bonchev–Trinajstić information content (AvgIpc) is 2.73. The maximum atomic E-state index is 13.3. The molecule has 0 spiro atoms. The quantitative estimate of drug-likeness (QED) is 0.282. The van der Waals surface area contributed by atoms with Crippen LogP contribution < -0.4 is 10.6 Å². The van der Waals surface area contributed by atoms with E-state index in [-0.39, 0.29) is 15.8 Å². The number of nitrogens with zero attached hydrogens (tertiary/aromatic N) is 3. The molecule has 2 N–H and O–H groups in total. The largest absolute Gasteiger partial charge is 0.351 e. The second-order valence-electron chi connectivity index (χ2n) is 6.33. The predicted octanol–water partition coefficient (Wildman–Crippen LogP) is 3.40. The molecule has 1 heterocycles. The summed E-state index contributed by atoms with van der Waals surface area (Å²) in [5.74, 6) is -0.231. The second kappa shape index (κ2) is 9.15. The third-order valence-corrected chi connectivity index (χ3v) is 6.15. The topological polar surface area (TPSA) is 107 Å². The van der Waals surface area contributed by atoms with Crippen molar-refractivity contribution in [2.45, 2.75) is 23.3 Å². The first-order chi connectivity index (χ1) is 14.4. The Balaban J connectivity index is 1.72. The van der Waals surface area contributed by atoms with E-state index in [1.54, 1.807) is 49.8 Å². The lowest BCUT2D eigenvalue weighted by Crippen LogP contribution is -2.30. The van der Waals surface area contributed by atoms with Crippen LogP contribution in [0.5, 0.6) is 0 Å². The maximum Gasteiger partial charge on any atom is 0.212 e. The molecule has 0 bridgehead atoms. The highest BCUT2D eigenvalue weighted by atomic mass is 32.2. The minimum atomic E-state index is -3.76. The second-order valence-corrected chi connectivity index (χ2v) is 8.25. The van der Waals surface area contributed by atoms with Crippen LogP contribution in [0.2, 0.25) is 0 Å². The molecule has 30 heavy (non-hydrogen) atoms. The van der Waals surface area contributed by atoms with E-state index < -0.39 is 15.7 Å². The fourth-order valence-corrected chi connectivity index (χ4v) is 4.23. The van der Waals surface area contributed by atoms with Crippen LogP contribution in [0.1, 0.15) is 11.1 Å². The molecule has 0 saturated heterocycles. The third kappa shape index (κ3) is 4.98. The van der Waals surface area contributed by atoms with Gasteiger partial charge in [0, 0.05) is 24.6 Å². The van der Waals surface area contributed by atoms with Crippen LogP contribution >= 0.6 is 0 Å². The molecule has 7 nitrogen and oxygen atoms in total. The van der Waals surface area contributed by atoms with Gasteiger partial charge < -0.3 is 10.6 Å². The van der Waals surface area contributed by atoms with Crippen LogP contribution in [0.25, 0.3) is 0 Å². The number of hydrogen-bond donors (Lipinski definition) is 2. The Hall–Kier alpha value is -3.77. The van der Waals surface area contributed by atoms with Crippen LogP contribution in [0, 0.1) is 24.2 Å². The number of pyridine rings is 1. The molecule has 3 rings (SSSR count). The lowest BCUT2D eigenvalue weighted by Gasteiger charge is -2.12. The fourth-order valence-electron chi connectivity index (χ4n) is 2.75. The van der Waals surface area contributed by atoms with Crippen LogP contribution in [0.4, 0.5) is 10.1 Å². The Morgan fingerprint density at radius 2 is 1.83 bits per heavy atom. The van der Waals surface area contributed by atoms with Crippen molar-refractivity contribution in [3.63, 3.8) is 0 Å². The van der Waals surface area contributed by atoms with E-state index in [4.69, 9.17) is 5.26 Å². The van der Waals surface area contributed by atoms with Gasteiger partial charge in [-0.25, -0.2) is 12.8 Å². The molecule has 0 aliphatic rings. The highest BCUT2D eigenvalue weighted by Crippen LogP contribution is 2.24. The van der Waals surface area contributed by atoms with E-state index in [9.17, 15) is 12.8 Å². The number of aliphatic imine (C=N–C) groups is 1. The number of anilines is 1. The van der Waals surface area contributed by atoms with E-state index in [0.29, 0.717) is 17.8 Å². The number of aromatic nitrogens is 1. The molecule has 0 fully saturated rings. The van der Waals surface area contributed by atoms with Crippen molar-refractivity contribution in [1.29, 1.82) is 5.26 Å². The number of benzene rings is 2. The Labute approximate surface area is 173 Å². The van der Waals surface area contributed by atoms with Gasteiger partial charge in [0.2, 0.25) is 22.0 Å². The first-order valence-corrected chi connectivity index (χ1v) is 10.4. The van der Waals surface area contributed by atoms with E-state index >= 15 is 0 Å². The number of guanidine groups is 1. The molecule has 0 radical (unpaired) electrons. The number of nitrogens with one attached hydrogen (secondary N) is 2. The molecule has 1 aromatic heterocycles. The standard InChI is InChI=1S/C21H18FN5O2S/c1-15-12-17(22)4-7-20(15)30(28,29)19-5-2-16(3-6-19)13-25-21(26-14-23)27-18-8-10-24-11-9-18/h2-12H,13H2,1H3,(H2,24,25,26,27). The van der Waals surface area contributed by atoms with Gasteiger partial charge in [-0.2, -0.15) is 5.26 Å². The number of rotatable bonds is 5. The van der Waals surface area contributed by atoms with Gasteiger partial charge in [0.15, 0.2) is 0 Å². The number of aryl methyl sites for hydroxylation is 1. The monoisotopic (exact) mass is 423 g/mol. The Kier molecular flexibility index (Phi) is 6.39. The van der Waals surface area contributed by atoms with Crippen LogP contribution in [0.15, 0.2) is 81.8 Å². The summed E-state index contributed by atoms with van der Waals surface area (Å²) in [6, 6.07) is 13.4. The van der Waals surface area contributed by atoms with Crippen molar-refractivity contribution in [1.82, 2.24) is 10.3 Å². The van der Waals surface area contributed by atoms with E-state index in [1.807, 2.05) is 0 Å². The molecule has 0 atom stereocenters. The average molecular weight is 423 g/mol. The van der Waals surface area contributed by atoms with Crippen molar-refractivity contribution < 1.29 is 12.8 Å². The summed E-state index contributed by atoms with van der Waals surface area (Å²) in [7, 11) is -3.76. The summed E-state index contributed by atoms with van der Waals surface area (Å²) in [4.78, 5) is 7.80. The summed E-state index contributed by atoms with van der Waals surface area (Å²) in [6.07, 6.45) is 4.93. The molecule has 9 heteroatoms. The number of nitriles is 1. The molecular formula is C21H18FN5O2S. The van der Waals surface area contributed by atoms with Crippen LogP contribution in [-0.2, 0) is 16.4 Å².